The molecule has 0 aromatic heterocycles. The summed E-state index contributed by atoms with van der Waals surface area (Å²) < 4.78 is 0. The Balaban J connectivity index is 1.76. The van der Waals surface area contributed by atoms with Crippen LogP contribution in [0.4, 0.5) is 0 Å². The molecule has 1 aromatic rings. The first-order valence-electron chi connectivity index (χ1n) is 6.72. The smallest absolute Gasteiger partial charge is 0.0872 e. The van der Waals surface area contributed by atoms with Gasteiger partial charge in [0.15, 0.2) is 0 Å². The molecular weight excluding hydrogens is 194 g/mol. The highest BCUT2D eigenvalue weighted by atomic mass is 15.1. The molecule has 1 saturated carbocycles. The van der Waals surface area contributed by atoms with E-state index in [1.807, 2.05) is 0 Å². The normalized spacial score (nSPS) is 19.6. The zero-order valence-corrected chi connectivity index (χ0v) is 10.4. The van der Waals surface area contributed by atoms with Gasteiger partial charge in [-0.2, -0.15) is 0 Å². The predicted molar refractivity (Wildman–Crippen MR) is 68.8 cm³/mol. The van der Waals surface area contributed by atoms with Crippen LogP contribution in [0, 0.1) is 0 Å². The Morgan fingerprint density at radius 2 is 1.75 bits per heavy atom. The summed E-state index contributed by atoms with van der Waals surface area (Å²) in [4.78, 5) is 1.74. The summed E-state index contributed by atoms with van der Waals surface area (Å²) in [5.74, 6) is 0. The molecule has 1 aliphatic rings. The van der Waals surface area contributed by atoms with Crippen LogP contribution in [0.25, 0.3) is 0 Å². The molecule has 1 N–H and O–H groups in total. The molecule has 0 spiro atoms. The lowest BCUT2D eigenvalue weighted by Gasteiger charge is -2.28. The van der Waals surface area contributed by atoms with Crippen LogP contribution in [0.15, 0.2) is 30.3 Å². The van der Waals surface area contributed by atoms with Crippen molar-refractivity contribution in [2.45, 2.75) is 44.6 Å². The molecule has 1 aliphatic carbocycles. The van der Waals surface area contributed by atoms with Gasteiger partial charge in [-0.3, -0.25) is 0 Å². The summed E-state index contributed by atoms with van der Waals surface area (Å²) in [6.45, 7) is 1.29. The number of hydrogen-bond acceptors (Lipinski definition) is 0. The van der Waals surface area contributed by atoms with Gasteiger partial charge >= 0.3 is 0 Å². The molecular formula is C15H24N+. The zero-order chi connectivity index (χ0) is 11.2. The first-order valence-corrected chi connectivity index (χ1v) is 6.72. The van der Waals surface area contributed by atoms with Crippen LogP contribution in [0.1, 0.15) is 37.7 Å². The van der Waals surface area contributed by atoms with E-state index in [0.29, 0.717) is 0 Å². The number of likely N-dealkylation sites (N-methyl/N-ethyl adjacent to an activating group) is 1. The monoisotopic (exact) mass is 218 g/mol. The molecule has 0 aliphatic heterocycles. The van der Waals surface area contributed by atoms with Crippen molar-refractivity contribution in [2.75, 3.05) is 13.6 Å². The van der Waals surface area contributed by atoms with Crippen molar-refractivity contribution in [2.24, 2.45) is 0 Å². The van der Waals surface area contributed by atoms with E-state index in [-0.39, 0.29) is 0 Å². The minimum Gasteiger partial charge on any atom is -0.335 e. The summed E-state index contributed by atoms with van der Waals surface area (Å²) in [5.41, 5.74) is 1.48. The van der Waals surface area contributed by atoms with Gasteiger partial charge in [0.05, 0.1) is 19.6 Å². The van der Waals surface area contributed by atoms with Crippen molar-refractivity contribution in [1.29, 1.82) is 0 Å². The average molecular weight is 218 g/mol. The van der Waals surface area contributed by atoms with Gasteiger partial charge in [-0.15, -0.1) is 0 Å². The van der Waals surface area contributed by atoms with Crippen LogP contribution in [-0.4, -0.2) is 19.6 Å². The maximum absolute atomic E-state index is 2.37. The van der Waals surface area contributed by atoms with Gasteiger partial charge in [0.1, 0.15) is 0 Å². The van der Waals surface area contributed by atoms with Gasteiger partial charge in [0.2, 0.25) is 0 Å². The third-order valence-electron chi connectivity index (χ3n) is 3.95. The van der Waals surface area contributed by atoms with E-state index in [2.05, 4.69) is 37.4 Å². The van der Waals surface area contributed by atoms with E-state index in [9.17, 15) is 0 Å². The molecule has 1 atom stereocenters. The standard InChI is InChI=1S/C15H23N/c1-16(15-10-6-3-7-11-15)13-12-14-8-4-2-5-9-14/h2,4-5,8-9,15H,3,6-7,10-13H2,1H3/p+1. The third-order valence-corrected chi connectivity index (χ3v) is 3.95. The Bertz CT molecular complexity index is 288. The van der Waals surface area contributed by atoms with E-state index in [1.54, 1.807) is 4.90 Å². The lowest BCUT2D eigenvalue weighted by Crippen LogP contribution is -3.13. The van der Waals surface area contributed by atoms with E-state index in [4.69, 9.17) is 0 Å². The van der Waals surface area contributed by atoms with Crippen LogP contribution < -0.4 is 4.90 Å². The summed E-state index contributed by atoms with van der Waals surface area (Å²) in [7, 11) is 2.37. The summed E-state index contributed by atoms with van der Waals surface area (Å²) >= 11 is 0. The molecule has 2 rings (SSSR count). The molecule has 0 bridgehead atoms. The molecule has 0 heterocycles. The topological polar surface area (TPSA) is 4.44 Å². The first kappa shape index (κ1) is 11.7. The molecule has 1 heteroatoms. The molecule has 1 fully saturated rings. The Hall–Kier alpha value is -0.820. The lowest BCUT2D eigenvalue weighted by atomic mass is 9.94. The fourth-order valence-electron chi connectivity index (χ4n) is 2.79. The quantitative estimate of drug-likeness (QED) is 0.789. The number of nitrogens with one attached hydrogen (secondary N) is 1. The Labute approximate surface area is 99.5 Å². The maximum atomic E-state index is 2.37. The molecule has 0 saturated heterocycles. The van der Waals surface area contributed by atoms with Gasteiger partial charge in [0, 0.05) is 6.42 Å². The molecule has 1 nitrogen and oxygen atoms in total. The van der Waals surface area contributed by atoms with E-state index in [1.165, 1.54) is 50.6 Å². The molecule has 1 aromatic carbocycles. The summed E-state index contributed by atoms with van der Waals surface area (Å²) in [6, 6.07) is 11.8. The molecule has 0 radical (unpaired) electrons. The molecule has 88 valence electrons. The first-order chi connectivity index (χ1) is 7.86. The van der Waals surface area contributed by atoms with Crippen molar-refractivity contribution in [3.8, 4) is 0 Å². The Morgan fingerprint density at radius 3 is 2.44 bits per heavy atom. The highest BCUT2D eigenvalue weighted by molar-refractivity contribution is 5.14. The van der Waals surface area contributed by atoms with Crippen LogP contribution in [0.3, 0.4) is 0 Å². The largest absolute Gasteiger partial charge is 0.335 e. The van der Waals surface area contributed by atoms with Gasteiger partial charge < -0.3 is 4.90 Å². The number of rotatable bonds is 4. The fourth-order valence-corrected chi connectivity index (χ4v) is 2.79. The fraction of sp³-hybridized carbons (Fsp3) is 0.600. The predicted octanol–water partition coefficient (Wildman–Crippen LogP) is 2.08. The number of benzene rings is 1. The second kappa shape index (κ2) is 6.05. The van der Waals surface area contributed by atoms with Crippen molar-refractivity contribution in [1.82, 2.24) is 0 Å². The average Bonchev–Trinajstić information content (AvgIpc) is 2.38. The highest BCUT2D eigenvalue weighted by Gasteiger charge is 2.20. The Morgan fingerprint density at radius 1 is 1.06 bits per heavy atom. The van der Waals surface area contributed by atoms with E-state index in [0.717, 1.165) is 6.04 Å². The highest BCUT2D eigenvalue weighted by Crippen LogP contribution is 2.15. The second-order valence-electron chi connectivity index (χ2n) is 5.17. The van der Waals surface area contributed by atoms with Gasteiger partial charge in [-0.25, -0.2) is 0 Å². The Kier molecular flexibility index (Phi) is 4.41. The summed E-state index contributed by atoms with van der Waals surface area (Å²) in [6.07, 6.45) is 8.48. The van der Waals surface area contributed by atoms with Crippen LogP contribution >= 0.6 is 0 Å². The SMILES string of the molecule is C[NH+](CCc1ccccc1)C1CCCCC1. The van der Waals surface area contributed by atoms with Gasteiger partial charge in [0.25, 0.3) is 0 Å². The number of hydrogen-bond donors (Lipinski definition) is 1. The van der Waals surface area contributed by atoms with Crippen LogP contribution in [0.2, 0.25) is 0 Å². The van der Waals surface area contributed by atoms with Crippen molar-refractivity contribution in [3.63, 3.8) is 0 Å². The molecule has 0 amide bonds. The van der Waals surface area contributed by atoms with E-state index >= 15 is 0 Å². The zero-order valence-electron chi connectivity index (χ0n) is 10.4. The molecule has 16 heavy (non-hydrogen) atoms. The van der Waals surface area contributed by atoms with Gasteiger partial charge in [-0.05, 0) is 31.2 Å². The van der Waals surface area contributed by atoms with Crippen molar-refractivity contribution >= 4 is 0 Å². The summed E-state index contributed by atoms with van der Waals surface area (Å²) in [5, 5.41) is 0. The van der Waals surface area contributed by atoms with E-state index < -0.39 is 0 Å². The number of quaternary nitrogens is 1. The van der Waals surface area contributed by atoms with Crippen molar-refractivity contribution < 1.29 is 4.90 Å². The van der Waals surface area contributed by atoms with Crippen molar-refractivity contribution in [3.05, 3.63) is 35.9 Å². The van der Waals surface area contributed by atoms with Crippen LogP contribution in [-0.2, 0) is 6.42 Å². The maximum Gasteiger partial charge on any atom is 0.0872 e. The van der Waals surface area contributed by atoms with Gasteiger partial charge in [-0.1, -0.05) is 36.8 Å². The second-order valence-corrected chi connectivity index (χ2v) is 5.17. The minimum atomic E-state index is 0.928. The molecule has 1 unspecified atom stereocenters. The minimum absolute atomic E-state index is 0.928. The third kappa shape index (κ3) is 3.34. The lowest BCUT2D eigenvalue weighted by molar-refractivity contribution is -0.907. The van der Waals surface area contributed by atoms with Crippen LogP contribution in [0.5, 0.6) is 0 Å².